The number of likely N-dealkylation sites (tertiary alicyclic amines) is 1. The van der Waals surface area contributed by atoms with Gasteiger partial charge in [0, 0.05) is 16.5 Å². The van der Waals surface area contributed by atoms with Gasteiger partial charge in [0.05, 0.1) is 24.3 Å². The van der Waals surface area contributed by atoms with Gasteiger partial charge in [0.2, 0.25) is 11.8 Å². The summed E-state index contributed by atoms with van der Waals surface area (Å²) in [5.41, 5.74) is 1.28. The van der Waals surface area contributed by atoms with Gasteiger partial charge in [0.1, 0.15) is 17.7 Å². The zero-order valence-corrected chi connectivity index (χ0v) is 19.8. The van der Waals surface area contributed by atoms with Gasteiger partial charge in [-0.05, 0) is 61.2 Å². The Labute approximate surface area is 196 Å². The van der Waals surface area contributed by atoms with Crippen molar-refractivity contribution in [3.05, 3.63) is 59.1 Å². The number of unbranched alkanes of at least 4 members (excludes halogenated alkanes) is 3. The number of amides is 2. The topological polar surface area (TPSA) is 75.7 Å². The molecule has 0 saturated carbocycles. The van der Waals surface area contributed by atoms with Crippen LogP contribution in [0.4, 0.5) is 0 Å². The number of carbonyl (C=O) groups excluding carboxylic acids is 2. The van der Waals surface area contributed by atoms with Gasteiger partial charge in [0.25, 0.3) is 0 Å². The number of rotatable bonds is 12. The highest BCUT2D eigenvalue weighted by molar-refractivity contribution is 7.85. The minimum atomic E-state index is -1.39. The predicted molar refractivity (Wildman–Crippen MR) is 126 cm³/mol. The van der Waals surface area contributed by atoms with Crippen molar-refractivity contribution < 1.29 is 18.5 Å². The first-order valence-electron chi connectivity index (χ1n) is 10.8. The molecule has 1 aliphatic rings. The van der Waals surface area contributed by atoms with Gasteiger partial charge >= 0.3 is 0 Å². The SMILES string of the molecule is COc1ccc(S(=O)C2CC(=O)N2CC(=O)NCCCCCCc2ccc(Cl)cc2)cc1. The van der Waals surface area contributed by atoms with E-state index >= 15 is 0 Å². The number of aryl methyl sites for hydroxylation is 1. The number of methoxy groups -OCH3 is 1. The summed E-state index contributed by atoms with van der Waals surface area (Å²) >= 11 is 5.89. The third-order valence-electron chi connectivity index (χ3n) is 5.50. The van der Waals surface area contributed by atoms with Gasteiger partial charge in [-0.1, -0.05) is 36.6 Å². The molecular formula is C24H29ClN2O4S. The lowest BCUT2D eigenvalue weighted by Gasteiger charge is -2.38. The lowest BCUT2D eigenvalue weighted by Crippen LogP contribution is -2.57. The minimum Gasteiger partial charge on any atom is -0.497 e. The van der Waals surface area contributed by atoms with Gasteiger partial charge in [-0.2, -0.15) is 0 Å². The smallest absolute Gasteiger partial charge is 0.239 e. The summed E-state index contributed by atoms with van der Waals surface area (Å²) in [5, 5.41) is 3.16. The Balaban J connectivity index is 1.32. The highest BCUT2D eigenvalue weighted by Gasteiger charge is 2.41. The monoisotopic (exact) mass is 476 g/mol. The maximum Gasteiger partial charge on any atom is 0.239 e. The second-order valence-corrected chi connectivity index (χ2v) is 9.84. The Kier molecular flexibility index (Phi) is 9.11. The van der Waals surface area contributed by atoms with Gasteiger partial charge in [-0.25, -0.2) is 0 Å². The molecule has 2 aromatic rings. The molecule has 0 spiro atoms. The normalized spacial score (nSPS) is 16.4. The summed E-state index contributed by atoms with van der Waals surface area (Å²) < 4.78 is 17.9. The number of nitrogens with zero attached hydrogens (tertiary/aromatic N) is 1. The summed E-state index contributed by atoms with van der Waals surface area (Å²) in [5.74, 6) is 0.321. The summed E-state index contributed by atoms with van der Waals surface area (Å²) in [6.07, 6.45) is 5.32. The molecule has 8 heteroatoms. The molecule has 1 aliphatic heterocycles. The molecule has 172 valence electrons. The second kappa shape index (κ2) is 12.0. The van der Waals surface area contributed by atoms with Gasteiger partial charge in [-0.3, -0.25) is 13.8 Å². The molecule has 2 amide bonds. The molecule has 1 heterocycles. The van der Waals surface area contributed by atoms with Crippen LogP contribution in [0.15, 0.2) is 53.4 Å². The lowest BCUT2D eigenvalue weighted by molar-refractivity contribution is -0.145. The molecule has 2 unspecified atom stereocenters. The van der Waals surface area contributed by atoms with E-state index in [1.165, 1.54) is 10.5 Å². The van der Waals surface area contributed by atoms with E-state index in [1.807, 2.05) is 12.1 Å². The van der Waals surface area contributed by atoms with E-state index < -0.39 is 16.2 Å². The van der Waals surface area contributed by atoms with Crippen LogP contribution in [0.3, 0.4) is 0 Å². The zero-order valence-electron chi connectivity index (χ0n) is 18.2. The largest absolute Gasteiger partial charge is 0.497 e. The standard InChI is InChI=1S/C24H29ClN2O4S/c1-31-20-11-13-21(14-12-20)32(30)24-16-23(29)27(24)17-22(28)26-15-5-3-2-4-6-18-7-9-19(25)10-8-18/h7-14,24H,2-6,15-17H2,1H3,(H,26,28). The second-order valence-electron chi connectivity index (χ2n) is 7.79. The quantitative estimate of drug-likeness (QED) is 0.372. The molecule has 6 nitrogen and oxygen atoms in total. The average molecular weight is 477 g/mol. The van der Waals surface area contributed by atoms with Gasteiger partial charge in [-0.15, -0.1) is 0 Å². The molecule has 3 rings (SSSR count). The first kappa shape index (κ1) is 24.3. The van der Waals surface area contributed by atoms with E-state index in [-0.39, 0.29) is 24.8 Å². The van der Waals surface area contributed by atoms with Crippen LogP contribution in [-0.4, -0.2) is 46.5 Å². The Bertz CT molecular complexity index is 934. The number of ether oxygens (including phenoxy) is 1. The van der Waals surface area contributed by atoms with E-state index in [0.717, 1.165) is 37.1 Å². The molecule has 0 radical (unpaired) electrons. The maximum absolute atomic E-state index is 12.8. The zero-order chi connectivity index (χ0) is 22.9. The third-order valence-corrected chi connectivity index (χ3v) is 7.40. The van der Waals surface area contributed by atoms with Crippen LogP contribution in [0.5, 0.6) is 5.75 Å². The Morgan fingerprint density at radius 3 is 2.44 bits per heavy atom. The Morgan fingerprint density at radius 1 is 1.09 bits per heavy atom. The van der Waals surface area contributed by atoms with E-state index in [0.29, 0.717) is 17.2 Å². The van der Waals surface area contributed by atoms with Crippen LogP contribution >= 0.6 is 11.6 Å². The Hall–Kier alpha value is -2.38. The van der Waals surface area contributed by atoms with Crippen LogP contribution in [0.25, 0.3) is 0 Å². The average Bonchev–Trinajstić information content (AvgIpc) is 2.81. The fourth-order valence-electron chi connectivity index (χ4n) is 3.57. The first-order chi connectivity index (χ1) is 15.5. The molecule has 2 aromatic carbocycles. The van der Waals surface area contributed by atoms with Crippen LogP contribution in [0.2, 0.25) is 5.02 Å². The number of hydrogen-bond donors (Lipinski definition) is 1. The molecule has 1 fully saturated rings. The molecule has 0 aromatic heterocycles. The highest BCUT2D eigenvalue weighted by Crippen LogP contribution is 2.27. The molecule has 32 heavy (non-hydrogen) atoms. The minimum absolute atomic E-state index is 0.0536. The number of β-lactam (4-membered cyclic amide) rings is 1. The van der Waals surface area contributed by atoms with E-state index in [4.69, 9.17) is 16.3 Å². The molecule has 1 saturated heterocycles. The van der Waals surface area contributed by atoms with Crippen molar-refractivity contribution in [1.82, 2.24) is 10.2 Å². The molecule has 0 bridgehead atoms. The molecular weight excluding hydrogens is 448 g/mol. The predicted octanol–water partition coefficient (Wildman–Crippen LogP) is 3.93. The van der Waals surface area contributed by atoms with Crippen molar-refractivity contribution in [1.29, 1.82) is 0 Å². The van der Waals surface area contributed by atoms with E-state index in [9.17, 15) is 13.8 Å². The lowest BCUT2D eigenvalue weighted by atomic mass is 10.1. The summed E-state index contributed by atoms with van der Waals surface area (Å²) in [4.78, 5) is 26.3. The van der Waals surface area contributed by atoms with Crippen molar-refractivity contribution in [3.63, 3.8) is 0 Å². The third kappa shape index (κ3) is 6.81. The van der Waals surface area contributed by atoms with Crippen LogP contribution in [0, 0.1) is 0 Å². The van der Waals surface area contributed by atoms with Crippen LogP contribution in [0.1, 0.15) is 37.7 Å². The van der Waals surface area contributed by atoms with Crippen molar-refractivity contribution in [2.24, 2.45) is 0 Å². The number of halogens is 1. The van der Waals surface area contributed by atoms with E-state index in [2.05, 4.69) is 17.4 Å². The summed E-state index contributed by atoms with van der Waals surface area (Å²) in [7, 11) is 0.183. The maximum atomic E-state index is 12.8. The molecule has 0 aliphatic carbocycles. The summed E-state index contributed by atoms with van der Waals surface area (Å²) in [6.45, 7) is 0.524. The number of benzene rings is 2. The number of hydrogen-bond acceptors (Lipinski definition) is 4. The van der Waals surface area contributed by atoms with Crippen molar-refractivity contribution in [2.75, 3.05) is 20.2 Å². The Morgan fingerprint density at radius 2 is 1.78 bits per heavy atom. The van der Waals surface area contributed by atoms with Crippen LogP contribution in [-0.2, 0) is 26.8 Å². The summed E-state index contributed by atoms with van der Waals surface area (Å²) in [6, 6.07) is 14.8. The molecule has 2 atom stereocenters. The van der Waals surface area contributed by atoms with Crippen molar-refractivity contribution in [2.45, 2.75) is 48.8 Å². The van der Waals surface area contributed by atoms with Crippen LogP contribution < -0.4 is 10.1 Å². The van der Waals surface area contributed by atoms with Gasteiger partial charge in [0.15, 0.2) is 0 Å². The number of nitrogens with one attached hydrogen (secondary N) is 1. The van der Waals surface area contributed by atoms with Crippen molar-refractivity contribution in [3.8, 4) is 5.75 Å². The fraction of sp³-hybridized carbons (Fsp3) is 0.417. The van der Waals surface area contributed by atoms with Crippen molar-refractivity contribution >= 4 is 34.2 Å². The highest BCUT2D eigenvalue weighted by atomic mass is 35.5. The number of carbonyl (C=O) groups is 2. The van der Waals surface area contributed by atoms with E-state index in [1.54, 1.807) is 31.4 Å². The molecule has 1 N–H and O–H groups in total. The first-order valence-corrected chi connectivity index (χ1v) is 12.4. The van der Waals surface area contributed by atoms with Gasteiger partial charge < -0.3 is 15.0 Å². The fourth-order valence-corrected chi connectivity index (χ4v) is 5.13.